The second-order valence-corrected chi connectivity index (χ2v) is 8.16. The molecule has 3 heterocycles. The Labute approximate surface area is 175 Å². The normalized spacial score (nSPS) is 21.1. The highest BCUT2D eigenvalue weighted by Gasteiger charge is 2.53. The molecule has 29 heavy (non-hydrogen) atoms. The highest BCUT2D eigenvalue weighted by molar-refractivity contribution is 8.00. The first kappa shape index (κ1) is 21.2. The minimum Gasteiger partial charge on any atom is -0.477 e. The van der Waals surface area contributed by atoms with Gasteiger partial charge in [0.1, 0.15) is 29.4 Å². The van der Waals surface area contributed by atoms with Crippen molar-refractivity contribution in [2.75, 3.05) is 12.4 Å². The molecule has 1 aromatic heterocycles. The molecule has 0 spiro atoms. The second-order valence-electron chi connectivity index (χ2n) is 6.40. The van der Waals surface area contributed by atoms with E-state index >= 15 is 0 Å². The summed E-state index contributed by atoms with van der Waals surface area (Å²) in [7, 11) is 0. The Morgan fingerprint density at radius 3 is 2.93 bits per heavy atom. The van der Waals surface area contributed by atoms with Crippen molar-refractivity contribution in [1.82, 2.24) is 19.8 Å². The fourth-order valence-corrected chi connectivity index (χ4v) is 4.56. The van der Waals surface area contributed by atoms with Gasteiger partial charge < -0.3 is 15.3 Å². The number of carboxylic acids is 1. The van der Waals surface area contributed by atoms with E-state index in [2.05, 4.69) is 27.0 Å². The van der Waals surface area contributed by atoms with E-state index in [1.165, 1.54) is 22.7 Å². The van der Waals surface area contributed by atoms with Gasteiger partial charge in [0.25, 0.3) is 11.8 Å². The van der Waals surface area contributed by atoms with Gasteiger partial charge in [-0.3, -0.25) is 14.5 Å². The lowest BCUT2D eigenvalue weighted by Crippen LogP contribution is -2.70. The predicted molar refractivity (Wildman–Crippen MR) is 107 cm³/mol. The molecule has 2 atom stereocenters. The van der Waals surface area contributed by atoms with Crippen LogP contribution in [0.4, 0.5) is 0 Å². The van der Waals surface area contributed by atoms with E-state index in [9.17, 15) is 19.5 Å². The minimum atomic E-state index is -1.17. The maximum atomic E-state index is 12.8. The van der Waals surface area contributed by atoms with Gasteiger partial charge in [0, 0.05) is 11.1 Å². The number of thioether (sulfide) groups is 1. The van der Waals surface area contributed by atoms with Crippen LogP contribution in [0, 0.1) is 0 Å². The van der Waals surface area contributed by atoms with Crippen molar-refractivity contribution in [2.24, 2.45) is 5.16 Å². The molecule has 10 nitrogen and oxygen atoms in total. The lowest BCUT2D eigenvalue weighted by molar-refractivity contribution is -0.150. The number of carbonyl (C=O) groups is 3. The maximum absolute atomic E-state index is 12.8. The Bertz CT molecular complexity index is 826. The number of β-lactam (4-membered cyclic amide) rings is 1. The summed E-state index contributed by atoms with van der Waals surface area (Å²) >= 11 is 2.45. The summed E-state index contributed by atoms with van der Waals surface area (Å²) < 4.78 is 3.74. The number of unbranched alkanes of at least 4 members (excludes halogenated alkanes) is 3. The standard InChI is InChI=1S/C17H21N5O5S2/c1-2-3-4-5-7-27-20-12(10-9-29-21-19-10)14(23)18-13-15(24)22-11(17(25)26)6-8-28-16(13)22/h6,9,13,16H,2-5,7-8H2,1H3,(H,18,23)(H,25,26)/t13?,16-/m0/s1. The van der Waals surface area contributed by atoms with Crippen LogP contribution in [0.25, 0.3) is 0 Å². The molecule has 0 radical (unpaired) electrons. The van der Waals surface area contributed by atoms with Gasteiger partial charge in [0.15, 0.2) is 5.71 Å². The third-order valence-corrected chi connectivity index (χ3v) is 6.10. The number of fused-ring (bicyclic) bond motifs is 1. The van der Waals surface area contributed by atoms with Gasteiger partial charge in [-0.05, 0) is 30.5 Å². The molecule has 0 bridgehead atoms. The monoisotopic (exact) mass is 439 g/mol. The van der Waals surface area contributed by atoms with Crippen LogP contribution in [0.5, 0.6) is 0 Å². The number of aromatic nitrogens is 2. The van der Waals surface area contributed by atoms with Crippen molar-refractivity contribution in [2.45, 2.75) is 44.0 Å². The molecule has 1 unspecified atom stereocenters. The lowest BCUT2D eigenvalue weighted by atomic mass is 10.0. The first-order valence-corrected chi connectivity index (χ1v) is 11.1. The summed E-state index contributed by atoms with van der Waals surface area (Å²) in [4.78, 5) is 42.9. The minimum absolute atomic E-state index is 0.0581. The van der Waals surface area contributed by atoms with E-state index in [1.807, 2.05) is 0 Å². The smallest absolute Gasteiger partial charge is 0.352 e. The molecule has 2 aliphatic rings. The largest absolute Gasteiger partial charge is 0.477 e. The zero-order chi connectivity index (χ0) is 20.8. The fraction of sp³-hybridized carbons (Fsp3) is 0.529. The van der Waals surface area contributed by atoms with Crippen LogP contribution in [-0.4, -0.2) is 66.9 Å². The summed E-state index contributed by atoms with van der Waals surface area (Å²) in [6.45, 7) is 2.48. The van der Waals surface area contributed by atoms with Gasteiger partial charge in [0.2, 0.25) is 0 Å². The van der Waals surface area contributed by atoms with Crippen LogP contribution in [0.3, 0.4) is 0 Å². The number of oxime groups is 1. The Morgan fingerprint density at radius 2 is 2.24 bits per heavy atom. The highest BCUT2D eigenvalue weighted by Crippen LogP contribution is 2.37. The van der Waals surface area contributed by atoms with Crippen molar-refractivity contribution >= 4 is 46.8 Å². The van der Waals surface area contributed by atoms with E-state index in [4.69, 9.17) is 4.84 Å². The van der Waals surface area contributed by atoms with E-state index in [0.717, 1.165) is 37.2 Å². The molecule has 0 aromatic carbocycles. The van der Waals surface area contributed by atoms with Crippen molar-refractivity contribution in [3.8, 4) is 0 Å². The fourth-order valence-electron chi connectivity index (χ4n) is 2.92. The van der Waals surface area contributed by atoms with Gasteiger partial charge >= 0.3 is 5.97 Å². The topological polar surface area (TPSA) is 134 Å². The molecular formula is C17H21N5O5S2. The van der Waals surface area contributed by atoms with Crippen LogP contribution in [0.15, 0.2) is 22.3 Å². The zero-order valence-electron chi connectivity index (χ0n) is 15.7. The SMILES string of the molecule is CCCCCCON=C(C(=O)NC1C(=O)N2C(C(=O)O)=CCS[C@@H]12)c1csnn1. The Kier molecular flexibility index (Phi) is 7.20. The van der Waals surface area contributed by atoms with Crippen LogP contribution >= 0.6 is 23.3 Å². The molecular weight excluding hydrogens is 418 g/mol. The Balaban J connectivity index is 1.64. The number of rotatable bonds is 10. The van der Waals surface area contributed by atoms with E-state index in [1.54, 1.807) is 5.38 Å². The van der Waals surface area contributed by atoms with Crippen molar-refractivity contribution in [1.29, 1.82) is 0 Å². The van der Waals surface area contributed by atoms with Gasteiger partial charge in [-0.25, -0.2) is 4.79 Å². The quantitative estimate of drug-likeness (QED) is 0.240. The molecule has 3 rings (SSSR count). The molecule has 12 heteroatoms. The Hall–Kier alpha value is -2.47. The number of hydrogen-bond acceptors (Lipinski definition) is 9. The molecule has 1 aromatic rings. The third-order valence-electron chi connectivity index (χ3n) is 4.41. The van der Waals surface area contributed by atoms with Crippen LogP contribution < -0.4 is 5.32 Å². The lowest BCUT2D eigenvalue weighted by Gasteiger charge is -2.48. The summed E-state index contributed by atoms with van der Waals surface area (Å²) in [5.74, 6) is -1.81. The summed E-state index contributed by atoms with van der Waals surface area (Å²) in [6, 6.07) is -0.836. The zero-order valence-corrected chi connectivity index (χ0v) is 17.4. The molecule has 2 N–H and O–H groups in total. The van der Waals surface area contributed by atoms with Crippen molar-refractivity contribution in [3.63, 3.8) is 0 Å². The predicted octanol–water partition coefficient (Wildman–Crippen LogP) is 1.21. The third kappa shape index (κ3) is 4.75. The number of carboxylic acid groups (broad SMARTS) is 1. The number of aliphatic carboxylic acids is 1. The Morgan fingerprint density at radius 1 is 1.41 bits per heavy atom. The van der Waals surface area contributed by atoms with Crippen LogP contribution in [-0.2, 0) is 19.2 Å². The molecule has 0 aliphatic carbocycles. The van der Waals surface area contributed by atoms with Crippen molar-refractivity contribution < 1.29 is 24.3 Å². The van der Waals surface area contributed by atoms with Gasteiger partial charge in [-0.15, -0.1) is 16.9 Å². The summed E-state index contributed by atoms with van der Waals surface area (Å²) in [6.07, 6.45) is 5.52. The average Bonchev–Trinajstić information content (AvgIpc) is 3.24. The molecule has 156 valence electrons. The van der Waals surface area contributed by atoms with Crippen molar-refractivity contribution in [3.05, 3.63) is 22.8 Å². The van der Waals surface area contributed by atoms with E-state index in [-0.39, 0.29) is 17.1 Å². The first-order chi connectivity index (χ1) is 14.0. The summed E-state index contributed by atoms with van der Waals surface area (Å²) in [5, 5.41) is 20.7. The van der Waals surface area contributed by atoms with E-state index < -0.39 is 29.2 Å². The molecule has 2 amide bonds. The molecule has 1 saturated heterocycles. The number of carbonyl (C=O) groups excluding carboxylic acids is 2. The average molecular weight is 440 g/mol. The maximum Gasteiger partial charge on any atom is 0.352 e. The van der Waals surface area contributed by atoms with Crippen LogP contribution in [0.1, 0.15) is 38.3 Å². The van der Waals surface area contributed by atoms with Gasteiger partial charge in [-0.2, -0.15) is 0 Å². The summed E-state index contributed by atoms with van der Waals surface area (Å²) in [5.41, 5.74) is 0.139. The van der Waals surface area contributed by atoms with E-state index in [0.29, 0.717) is 12.4 Å². The highest BCUT2D eigenvalue weighted by atomic mass is 32.2. The number of hydrogen-bond donors (Lipinski definition) is 2. The number of amides is 2. The molecule has 2 aliphatic heterocycles. The first-order valence-electron chi connectivity index (χ1n) is 9.21. The number of nitrogens with zero attached hydrogens (tertiary/aromatic N) is 4. The number of nitrogens with one attached hydrogen (secondary N) is 1. The van der Waals surface area contributed by atoms with Gasteiger partial charge in [-0.1, -0.05) is 29.4 Å². The van der Waals surface area contributed by atoms with Crippen LogP contribution in [0.2, 0.25) is 0 Å². The molecule has 0 saturated carbocycles. The molecule has 1 fully saturated rings. The second kappa shape index (κ2) is 9.83. The van der Waals surface area contributed by atoms with Gasteiger partial charge in [0.05, 0.1) is 0 Å².